The lowest BCUT2D eigenvalue weighted by atomic mass is 10.1. The highest BCUT2D eigenvalue weighted by atomic mass is 32.1. The van der Waals surface area contributed by atoms with Gasteiger partial charge in [0.05, 0.1) is 0 Å². The molecule has 0 spiro atoms. The van der Waals surface area contributed by atoms with E-state index in [4.69, 9.17) is 5.11 Å². The zero-order valence-corrected chi connectivity index (χ0v) is 9.89. The quantitative estimate of drug-likeness (QED) is 0.804. The first kappa shape index (κ1) is 11.9. The maximum atomic E-state index is 10.9. The lowest BCUT2D eigenvalue weighted by molar-refractivity contribution is -0.141. The Labute approximate surface area is 92.7 Å². The van der Waals surface area contributed by atoms with Crippen LogP contribution >= 0.6 is 11.5 Å². The average molecular weight is 229 g/mol. The molecule has 1 heterocycles. The lowest BCUT2D eigenvalue weighted by Gasteiger charge is -2.19. The molecule has 0 radical (unpaired) electrons. The summed E-state index contributed by atoms with van der Waals surface area (Å²) in [6.07, 6.45) is 1.81. The van der Waals surface area contributed by atoms with E-state index in [1.165, 1.54) is 11.5 Å². The number of carboxylic acid groups (broad SMARTS) is 1. The van der Waals surface area contributed by atoms with E-state index in [1.54, 1.807) is 13.8 Å². The Hall–Kier alpha value is -1.17. The molecule has 1 aromatic rings. The molecule has 0 aromatic carbocycles. The van der Waals surface area contributed by atoms with E-state index < -0.39 is 11.5 Å². The monoisotopic (exact) mass is 229 g/mol. The fourth-order valence-corrected chi connectivity index (χ4v) is 1.72. The normalized spacial score (nSPS) is 11.4. The van der Waals surface area contributed by atoms with E-state index in [1.807, 2.05) is 0 Å². The molecular formula is C9H15N3O2S. The van der Waals surface area contributed by atoms with Gasteiger partial charge in [0.15, 0.2) is 0 Å². The predicted molar refractivity (Wildman–Crippen MR) is 59.2 cm³/mol. The van der Waals surface area contributed by atoms with Crippen molar-refractivity contribution in [1.29, 1.82) is 0 Å². The molecule has 84 valence electrons. The van der Waals surface area contributed by atoms with Gasteiger partial charge in [0, 0.05) is 18.0 Å². The van der Waals surface area contributed by atoms with Gasteiger partial charge < -0.3 is 10.4 Å². The first-order valence-corrected chi connectivity index (χ1v) is 5.57. The van der Waals surface area contributed by atoms with Crippen LogP contribution < -0.4 is 5.32 Å². The van der Waals surface area contributed by atoms with E-state index >= 15 is 0 Å². The number of anilines is 1. The summed E-state index contributed by atoms with van der Waals surface area (Å²) in [5.74, 6) is -0.138. The first-order chi connectivity index (χ1) is 6.95. The second-order valence-electron chi connectivity index (χ2n) is 3.82. The SMILES string of the molecule is CCCc1nsc(NC(C)(C)C(=O)O)n1. The van der Waals surface area contributed by atoms with E-state index in [9.17, 15) is 4.79 Å². The maximum Gasteiger partial charge on any atom is 0.328 e. The van der Waals surface area contributed by atoms with Crippen molar-refractivity contribution in [2.75, 3.05) is 5.32 Å². The number of aliphatic carboxylic acids is 1. The summed E-state index contributed by atoms with van der Waals surface area (Å²) in [6, 6.07) is 0. The van der Waals surface area contributed by atoms with Gasteiger partial charge in [0.2, 0.25) is 5.13 Å². The topological polar surface area (TPSA) is 75.1 Å². The first-order valence-electron chi connectivity index (χ1n) is 4.80. The predicted octanol–water partition coefficient (Wildman–Crippen LogP) is 1.77. The summed E-state index contributed by atoms with van der Waals surface area (Å²) in [7, 11) is 0. The zero-order valence-electron chi connectivity index (χ0n) is 9.07. The van der Waals surface area contributed by atoms with Gasteiger partial charge in [-0.1, -0.05) is 6.92 Å². The van der Waals surface area contributed by atoms with E-state index in [2.05, 4.69) is 21.6 Å². The Morgan fingerprint density at radius 2 is 2.27 bits per heavy atom. The molecular weight excluding hydrogens is 214 g/mol. The van der Waals surface area contributed by atoms with Gasteiger partial charge in [0.25, 0.3) is 0 Å². The molecule has 1 rings (SSSR count). The smallest absolute Gasteiger partial charge is 0.328 e. The van der Waals surface area contributed by atoms with Crippen molar-refractivity contribution in [3.8, 4) is 0 Å². The lowest BCUT2D eigenvalue weighted by Crippen LogP contribution is -2.39. The number of rotatable bonds is 5. The van der Waals surface area contributed by atoms with Gasteiger partial charge >= 0.3 is 5.97 Å². The van der Waals surface area contributed by atoms with Crippen molar-refractivity contribution in [3.63, 3.8) is 0 Å². The van der Waals surface area contributed by atoms with Crippen LogP contribution in [0, 0.1) is 0 Å². The number of hydrogen-bond acceptors (Lipinski definition) is 5. The van der Waals surface area contributed by atoms with Gasteiger partial charge in [-0.3, -0.25) is 0 Å². The number of hydrogen-bond donors (Lipinski definition) is 2. The van der Waals surface area contributed by atoms with Gasteiger partial charge in [-0.05, 0) is 20.3 Å². The Bertz CT molecular complexity index is 349. The van der Waals surface area contributed by atoms with E-state index in [0.29, 0.717) is 5.13 Å². The molecule has 0 aliphatic heterocycles. The van der Waals surface area contributed by atoms with Crippen molar-refractivity contribution < 1.29 is 9.90 Å². The van der Waals surface area contributed by atoms with Crippen LogP contribution in [0.1, 0.15) is 33.0 Å². The number of nitrogens with one attached hydrogen (secondary N) is 1. The fourth-order valence-electron chi connectivity index (χ4n) is 0.951. The molecule has 0 amide bonds. The molecule has 0 saturated carbocycles. The summed E-state index contributed by atoms with van der Waals surface area (Å²) >= 11 is 1.20. The van der Waals surface area contributed by atoms with Gasteiger partial charge in [-0.15, -0.1) is 0 Å². The number of carboxylic acids is 1. The molecule has 0 aliphatic carbocycles. The minimum atomic E-state index is -1.01. The van der Waals surface area contributed by atoms with Crippen molar-refractivity contribution in [2.45, 2.75) is 39.2 Å². The van der Waals surface area contributed by atoms with Gasteiger partial charge in [0.1, 0.15) is 11.4 Å². The molecule has 2 N–H and O–H groups in total. The molecule has 0 bridgehead atoms. The van der Waals surface area contributed by atoms with Crippen LogP contribution in [-0.4, -0.2) is 26.0 Å². The van der Waals surface area contributed by atoms with Crippen LogP contribution in [0.2, 0.25) is 0 Å². The second kappa shape index (κ2) is 4.57. The number of nitrogens with zero attached hydrogens (tertiary/aromatic N) is 2. The highest BCUT2D eigenvalue weighted by Crippen LogP contribution is 2.17. The van der Waals surface area contributed by atoms with Crippen LogP contribution in [0.5, 0.6) is 0 Å². The molecule has 0 unspecified atom stereocenters. The van der Waals surface area contributed by atoms with Crippen LogP contribution in [0.15, 0.2) is 0 Å². The summed E-state index contributed by atoms with van der Waals surface area (Å²) in [6.45, 7) is 5.24. The van der Waals surface area contributed by atoms with Crippen LogP contribution in [0.4, 0.5) is 5.13 Å². The Kier molecular flexibility index (Phi) is 3.62. The largest absolute Gasteiger partial charge is 0.480 e. The zero-order chi connectivity index (χ0) is 11.5. The Balaban J connectivity index is 2.68. The van der Waals surface area contributed by atoms with Crippen LogP contribution in [0.25, 0.3) is 0 Å². The molecule has 6 heteroatoms. The van der Waals surface area contributed by atoms with Gasteiger partial charge in [-0.2, -0.15) is 4.37 Å². The number of aromatic nitrogens is 2. The van der Waals surface area contributed by atoms with Crippen molar-refractivity contribution in [2.24, 2.45) is 0 Å². The molecule has 0 fully saturated rings. The Morgan fingerprint density at radius 1 is 1.60 bits per heavy atom. The van der Waals surface area contributed by atoms with Crippen LogP contribution in [0.3, 0.4) is 0 Å². The summed E-state index contributed by atoms with van der Waals surface area (Å²) < 4.78 is 4.12. The van der Waals surface area contributed by atoms with Gasteiger partial charge in [-0.25, -0.2) is 9.78 Å². The van der Waals surface area contributed by atoms with Crippen molar-refractivity contribution >= 4 is 22.6 Å². The summed E-state index contributed by atoms with van der Waals surface area (Å²) in [5, 5.41) is 12.3. The maximum absolute atomic E-state index is 10.9. The molecule has 0 saturated heterocycles. The highest BCUT2D eigenvalue weighted by molar-refractivity contribution is 7.09. The third kappa shape index (κ3) is 3.16. The van der Waals surface area contributed by atoms with Crippen molar-refractivity contribution in [1.82, 2.24) is 9.36 Å². The van der Waals surface area contributed by atoms with Crippen LogP contribution in [-0.2, 0) is 11.2 Å². The minimum absolute atomic E-state index is 0.561. The van der Waals surface area contributed by atoms with E-state index in [0.717, 1.165) is 18.7 Å². The van der Waals surface area contributed by atoms with Crippen molar-refractivity contribution in [3.05, 3.63) is 5.82 Å². The molecule has 0 atom stereocenters. The molecule has 5 nitrogen and oxygen atoms in total. The van der Waals surface area contributed by atoms with E-state index in [-0.39, 0.29) is 0 Å². The average Bonchev–Trinajstić information content (AvgIpc) is 2.52. The third-order valence-electron chi connectivity index (χ3n) is 1.90. The Morgan fingerprint density at radius 3 is 2.80 bits per heavy atom. The number of carbonyl (C=O) groups is 1. The molecule has 1 aromatic heterocycles. The molecule has 0 aliphatic rings. The fraction of sp³-hybridized carbons (Fsp3) is 0.667. The second-order valence-corrected chi connectivity index (χ2v) is 4.57. The standard InChI is InChI=1S/C9H15N3O2S/c1-4-5-6-10-8(15-12-6)11-9(2,3)7(13)14/h4-5H2,1-3H3,(H,13,14)(H,10,11,12). The number of aryl methyl sites for hydroxylation is 1. The third-order valence-corrected chi connectivity index (χ3v) is 2.56. The molecule has 15 heavy (non-hydrogen) atoms. The minimum Gasteiger partial charge on any atom is -0.480 e. The highest BCUT2D eigenvalue weighted by Gasteiger charge is 2.27. The summed E-state index contributed by atoms with van der Waals surface area (Å²) in [4.78, 5) is 15.1. The summed E-state index contributed by atoms with van der Waals surface area (Å²) in [5.41, 5.74) is -1.01.